The second-order valence-corrected chi connectivity index (χ2v) is 4.21. The van der Waals surface area contributed by atoms with Gasteiger partial charge in [0, 0.05) is 12.4 Å². The minimum Gasteiger partial charge on any atom is -0.326 e. The molecule has 0 bridgehead atoms. The third-order valence-corrected chi connectivity index (χ3v) is 3.10. The van der Waals surface area contributed by atoms with Crippen LogP contribution < -0.4 is 0 Å². The summed E-state index contributed by atoms with van der Waals surface area (Å²) in [5.41, 5.74) is 3.16. The average molecular weight is 241 g/mol. The van der Waals surface area contributed by atoms with Crippen LogP contribution in [-0.4, -0.2) is 19.1 Å². The molecule has 0 spiro atoms. The van der Waals surface area contributed by atoms with Crippen molar-refractivity contribution in [2.45, 2.75) is 0 Å². The Labute approximate surface area is 101 Å². The van der Waals surface area contributed by atoms with Crippen LogP contribution in [0.2, 0.25) is 0 Å². The third-order valence-electron chi connectivity index (χ3n) is 2.60. The van der Waals surface area contributed by atoms with E-state index in [2.05, 4.69) is 20.6 Å². The Morgan fingerprint density at radius 1 is 1.41 bits per heavy atom. The number of aromatic nitrogens is 4. The quantitative estimate of drug-likeness (QED) is 0.653. The summed E-state index contributed by atoms with van der Waals surface area (Å²) >= 11 is 1.29. The van der Waals surface area contributed by atoms with Gasteiger partial charge in [-0.15, -0.1) is 5.10 Å². The van der Waals surface area contributed by atoms with Gasteiger partial charge in [0.15, 0.2) is 5.82 Å². The molecule has 5 nitrogen and oxygen atoms in total. The third kappa shape index (κ3) is 1.48. The molecule has 0 N–H and O–H groups in total. The van der Waals surface area contributed by atoms with Crippen molar-refractivity contribution in [1.82, 2.24) is 19.1 Å². The van der Waals surface area contributed by atoms with Crippen LogP contribution in [0.3, 0.4) is 0 Å². The van der Waals surface area contributed by atoms with Crippen molar-refractivity contribution in [3.05, 3.63) is 29.1 Å². The van der Waals surface area contributed by atoms with E-state index < -0.39 is 0 Å². The van der Waals surface area contributed by atoms with Gasteiger partial charge in [0.25, 0.3) is 0 Å². The highest BCUT2D eigenvalue weighted by Crippen LogP contribution is 2.23. The van der Waals surface area contributed by atoms with Gasteiger partial charge in [-0.05, 0) is 29.7 Å². The number of benzene rings is 1. The molecule has 0 atom stereocenters. The van der Waals surface area contributed by atoms with Crippen LogP contribution in [0.1, 0.15) is 5.56 Å². The van der Waals surface area contributed by atoms with Gasteiger partial charge in [-0.3, -0.25) is 0 Å². The standard InChI is InChI=1S/C11H7N5S/c1-16-10-4-7(5-12)2-3-8(10)13-11(16)9-6-17-15-14-9/h2-4,6H,1H3. The van der Waals surface area contributed by atoms with Crippen molar-refractivity contribution >= 4 is 22.6 Å². The molecule has 0 amide bonds. The van der Waals surface area contributed by atoms with E-state index in [1.165, 1.54) is 11.5 Å². The Balaban J connectivity index is 2.30. The zero-order chi connectivity index (χ0) is 11.8. The van der Waals surface area contributed by atoms with Crippen LogP contribution in [-0.2, 0) is 7.05 Å². The number of nitrogens with zero attached hydrogens (tertiary/aromatic N) is 5. The molecule has 1 aromatic carbocycles. The normalized spacial score (nSPS) is 10.6. The Hall–Kier alpha value is -2.26. The van der Waals surface area contributed by atoms with Gasteiger partial charge >= 0.3 is 0 Å². The van der Waals surface area contributed by atoms with Crippen LogP contribution in [0, 0.1) is 11.3 Å². The fourth-order valence-corrected chi connectivity index (χ4v) is 2.19. The van der Waals surface area contributed by atoms with E-state index in [-0.39, 0.29) is 0 Å². The highest BCUT2D eigenvalue weighted by Gasteiger charge is 2.12. The van der Waals surface area contributed by atoms with Crippen molar-refractivity contribution in [3.63, 3.8) is 0 Å². The molecule has 0 aliphatic carbocycles. The van der Waals surface area contributed by atoms with Crippen LogP contribution in [0.15, 0.2) is 23.6 Å². The monoisotopic (exact) mass is 241 g/mol. The lowest BCUT2D eigenvalue weighted by Gasteiger charge is -1.97. The van der Waals surface area contributed by atoms with Gasteiger partial charge in [0.2, 0.25) is 0 Å². The zero-order valence-electron chi connectivity index (χ0n) is 8.95. The molecular formula is C11H7N5S. The summed E-state index contributed by atoms with van der Waals surface area (Å²) < 4.78 is 5.75. The Morgan fingerprint density at radius 2 is 2.29 bits per heavy atom. The van der Waals surface area contributed by atoms with Crippen molar-refractivity contribution in [1.29, 1.82) is 5.26 Å². The maximum atomic E-state index is 8.88. The fourth-order valence-electron chi connectivity index (χ4n) is 1.75. The highest BCUT2D eigenvalue weighted by atomic mass is 32.1. The van der Waals surface area contributed by atoms with E-state index >= 15 is 0 Å². The molecule has 0 saturated heterocycles. The molecule has 0 fully saturated rings. The summed E-state index contributed by atoms with van der Waals surface area (Å²) in [5.74, 6) is 0.767. The molecule has 0 radical (unpaired) electrons. The molecule has 6 heteroatoms. The number of hydrogen-bond donors (Lipinski definition) is 0. The van der Waals surface area contributed by atoms with Crippen molar-refractivity contribution in [2.24, 2.45) is 7.05 Å². The summed E-state index contributed by atoms with van der Waals surface area (Å²) in [6.07, 6.45) is 0. The lowest BCUT2D eigenvalue weighted by Crippen LogP contribution is -1.92. The van der Waals surface area contributed by atoms with E-state index in [1.54, 1.807) is 6.07 Å². The van der Waals surface area contributed by atoms with Crippen molar-refractivity contribution in [2.75, 3.05) is 0 Å². The van der Waals surface area contributed by atoms with E-state index in [4.69, 9.17) is 5.26 Å². The number of aryl methyl sites for hydroxylation is 1. The molecule has 3 rings (SSSR count). The van der Waals surface area contributed by atoms with Gasteiger partial charge in [-0.1, -0.05) is 4.49 Å². The van der Waals surface area contributed by atoms with Crippen molar-refractivity contribution < 1.29 is 0 Å². The lowest BCUT2D eigenvalue weighted by atomic mass is 10.2. The minimum absolute atomic E-state index is 0.628. The first kappa shape index (κ1) is 9.93. The summed E-state index contributed by atoms with van der Waals surface area (Å²) in [6, 6.07) is 7.56. The van der Waals surface area contributed by atoms with Crippen LogP contribution in [0.5, 0.6) is 0 Å². The molecule has 0 unspecified atom stereocenters. The number of nitriles is 1. The fraction of sp³-hybridized carbons (Fsp3) is 0.0909. The molecule has 0 aliphatic rings. The first-order valence-corrected chi connectivity index (χ1v) is 5.77. The Morgan fingerprint density at radius 3 is 3.00 bits per heavy atom. The summed E-state index contributed by atoms with van der Waals surface area (Å²) in [4.78, 5) is 4.49. The molecular weight excluding hydrogens is 234 g/mol. The largest absolute Gasteiger partial charge is 0.326 e. The molecule has 2 heterocycles. The first-order valence-electron chi connectivity index (χ1n) is 4.93. The second-order valence-electron chi connectivity index (χ2n) is 3.60. The topological polar surface area (TPSA) is 67.4 Å². The van der Waals surface area contributed by atoms with Gasteiger partial charge in [0.1, 0.15) is 5.69 Å². The molecule has 0 saturated carbocycles. The SMILES string of the molecule is Cn1c(-c2csnn2)nc2ccc(C#N)cc21. The highest BCUT2D eigenvalue weighted by molar-refractivity contribution is 7.03. The van der Waals surface area contributed by atoms with E-state index in [0.717, 1.165) is 22.6 Å². The summed E-state index contributed by atoms with van der Waals surface area (Å²) in [6.45, 7) is 0. The minimum atomic E-state index is 0.628. The van der Waals surface area contributed by atoms with Gasteiger partial charge < -0.3 is 4.57 Å². The smallest absolute Gasteiger partial charge is 0.162 e. The van der Waals surface area contributed by atoms with Crippen LogP contribution in [0.4, 0.5) is 0 Å². The number of imidazole rings is 1. The van der Waals surface area contributed by atoms with Crippen molar-refractivity contribution in [3.8, 4) is 17.6 Å². The molecule has 17 heavy (non-hydrogen) atoms. The number of rotatable bonds is 1. The van der Waals surface area contributed by atoms with Gasteiger partial charge in [-0.2, -0.15) is 5.26 Å². The van der Waals surface area contributed by atoms with Crippen LogP contribution >= 0.6 is 11.5 Å². The zero-order valence-corrected chi connectivity index (χ0v) is 9.77. The summed E-state index contributed by atoms with van der Waals surface area (Å²) in [7, 11) is 1.91. The maximum Gasteiger partial charge on any atom is 0.162 e. The van der Waals surface area contributed by atoms with Gasteiger partial charge in [0.05, 0.1) is 22.7 Å². The second kappa shape index (κ2) is 3.64. The maximum absolute atomic E-state index is 8.88. The molecule has 2 aromatic heterocycles. The first-order chi connectivity index (χ1) is 8.29. The number of hydrogen-bond acceptors (Lipinski definition) is 5. The average Bonchev–Trinajstić information content (AvgIpc) is 2.97. The van der Waals surface area contributed by atoms with Crippen LogP contribution in [0.25, 0.3) is 22.6 Å². The van der Waals surface area contributed by atoms with E-state index in [0.29, 0.717) is 5.56 Å². The number of fused-ring (bicyclic) bond motifs is 1. The Kier molecular flexibility index (Phi) is 2.13. The molecule has 0 aliphatic heterocycles. The van der Waals surface area contributed by atoms with Gasteiger partial charge in [-0.25, -0.2) is 4.98 Å². The predicted molar refractivity (Wildman–Crippen MR) is 64.3 cm³/mol. The molecule has 82 valence electrons. The van der Waals surface area contributed by atoms with E-state index in [1.807, 2.05) is 29.1 Å². The van der Waals surface area contributed by atoms with E-state index in [9.17, 15) is 0 Å². The lowest BCUT2D eigenvalue weighted by molar-refractivity contribution is 0.945. The molecule has 3 aromatic rings. The Bertz CT molecular complexity index is 720. The summed E-state index contributed by atoms with van der Waals surface area (Å²) in [5, 5.41) is 14.7. The predicted octanol–water partition coefficient (Wildman–Crippen LogP) is 1.96.